The zero-order valence-corrected chi connectivity index (χ0v) is 24.4. The molecule has 6 aliphatic carbocycles. The molecule has 2 amide bonds. The van der Waals surface area contributed by atoms with Crippen molar-refractivity contribution in [3.05, 3.63) is 41.1 Å². The molecule has 0 aromatic carbocycles. The van der Waals surface area contributed by atoms with Gasteiger partial charge in [0.15, 0.2) is 11.3 Å². The predicted octanol–water partition coefficient (Wildman–Crippen LogP) is 5.38. The third-order valence-electron chi connectivity index (χ3n) is 10.7. The fourth-order valence-electron chi connectivity index (χ4n) is 7.87. The van der Waals surface area contributed by atoms with Gasteiger partial charge < -0.3 is 10.6 Å². The van der Waals surface area contributed by atoms with Crippen LogP contribution in [0.4, 0.5) is 13.2 Å². The van der Waals surface area contributed by atoms with Crippen LogP contribution in [0, 0.1) is 23.7 Å². The Hall–Kier alpha value is -3.51. The fourth-order valence-corrected chi connectivity index (χ4v) is 7.87. The van der Waals surface area contributed by atoms with Crippen molar-refractivity contribution in [2.45, 2.75) is 107 Å². The Labute approximate surface area is 251 Å². The molecule has 6 aliphatic rings. The van der Waals surface area contributed by atoms with E-state index in [1.54, 1.807) is 16.9 Å². The zero-order valence-electron chi connectivity index (χ0n) is 24.4. The highest BCUT2D eigenvalue weighted by molar-refractivity contribution is 5.93. The van der Waals surface area contributed by atoms with Crippen molar-refractivity contribution in [2.75, 3.05) is 0 Å². The van der Waals surface area contributed by atoms with Crippen LogP contribution in [0.5, 0.6) is 0 Å². The maximum atomic E-state index is 14.4. The minimum absolute atomic E-state index is 0.0586. The van der Waals surface area contributed by atoms with Crippen LogP contribution in [-0.4, -0.2) is 48.3 Å². The molecular weight excluding hydrogens is 575 g/mol. The number of imidazole rings is 1. The lowest BCUT2D eigenvalue weighted by molar-refractivity contribution is -0.123. The largest absolute Gasteiger partial charge is 0.349 e. The number of alkyl halides is 3. The standard InChI is InChI=1S/C31H36F3N7O3/c32-30-11-19(21(12-30)13-30)10-24(42)37-25(16-1-2-16)20-9-23-36-22(15-41(23)35-14-20)26(18-5-7-31(33,34)8-6-18)38-29(43)28-27(17-3-4-17)39-44-40-28/h9,14-19,21,25-26H,1-8,10-13H2,(H,37,42)(H,38,43)/t19?,21?,25-,26+,30?/m1/s1. The van der Waals surface area contributed by atoms with Crippen LogP contribution in [0.15, 0.2) is 23.1 Å². The van der Waals surface area contributed by atoms with Crippen molar-refractivity contribution in [1.82, 2.24) is 35.5 Å². The molecule has 3 aromatic heterocycles. The molecule has 6 fully saturated rings. The number of carbonyl (C=O) groups is 2. The molecule has 1 unspecified atom stereocenters. The molecule has 0 spiro atoms. The van der Waals surface area contributed by atoms with Crippen molar-refractivity contribution in [1.29, 1.82) is 0 Å². The summed E-state index contributed by atoms with van der Waals surface area (Å²) in [5, 5.41) is 18.6. The number of aromatic nitrogens is 5. The Morgan fingerprint density at radius 2 is 1.73 bits per heavy atom. The molecule has 234 valence electrons. The predicted molar refractivity (Wildman–Crippen MR) is 149 cm³/mol. The molecule has 3 heterocycles. The molecule has 9 rings (SSSR count). The minimum Gasteiger partial charge on any atom is -0.349 e. The van der Waals surface area contributed by atoms with Crippen LogP contribution in [0.1, 0.15) is 122 Å². The third-order valence-corrected chi connectivity index (χ3v) is 10.7. The number of hydrogen-bond acceptors (Lipinski definition) is 7. The van der Waals surface area contributed by atoms with E-state index in [1.807, 2.05) is 6.07 Å². The molecular formula is C31H36F3N7O3. The van der Waals surface area contributed by atoms with E-state index in [0.29, 0.717) is 54.6 Å². The Kier molecular flexibility index (Phi) is 6.53. The lowest BCUT2D eigenvalue weighted by Crippen LogP contribution is -2.37. The molecule has 44 heavy (non-hydrogen) atoms. The Balaban J connectivity index is 1.03. The van der Waals surface area contributed by atoms with Crippen molar-refractivity contribution in [3.8, 4) is 0 Å². The molecule has 10 nitrogen and oxygen atoms in total. The maximum absolute atomic E-state index is 14.4. The van der Waals surface area contributed by atoms with Crippen LogP contribution in [0.3, 0.4) is 0 Å². The first-order valence-electron chi connectivity index (χ1n) is 16.0. The van der Waals surface area contributed by atoms with Gasteiger partial charge in [0.1, 0.15) is 11.4 Å². The SMILES string of the molecule is O=C(CC1CC2(F)CC1C2)N[C@@H](c1cnn2cc([C@@H](NC(=O)c3nonc3C3CC3)C3CCC(F)(F)CC3)nc2c1)C1CC1. The highest BCUT2D eigenvalue weighted by Crippen LogP contribution is 2.59. The second kappa shape index (κ2) is 10.3. The van der Waals surface area contributed by atoms with Gasteiger partial charge in [-0.25, -0.2) is 27.3 Å². The van der Waals surface area contributed by atoms with Gasteiger partial charge in [-0.05, 0) is 98.2 Å². The summed E-state index contributed by atoms with van der Waals surface area (Å²) >= 11 is 0. The Morgan fingerprint density at radius 3 is 2.41 bits per heavy atom. The lowest BCUT2D eigenvalue weighted by Gasteiger charge is -2.33. The van der Waals surface area contributed by atoms with Gasteiger partial charge in [-0.3, -0.25) is 9.59 Å². The Morgan fingerprint density at radius 1 is 0.977 bits per heavy atom. The van der Waals surface area contributed by atoms with Gasteiger partial charge in [-0.15, -0.1) is 0 Å². The number of rotatable bonds is 10. The topological polar surface area (TPSA) is 127 Å². The highest BCUT2D eigenvalue weighted by Gasteiger charge is 2.57. The average Bonchev–Trinajstić information content (AvgIpc) is 3.85. The van der Waals surface area contributed by atoms with Gasteiger partial charge in [0.25, 0.3) is 5.91 Å². The van der Waals surface area contributed by atoms with Gasteiger partial charge >= 0.3 is 0 Å². The molecule has 13 heteroatoms. The quantitative estimate of drug-likeness (QED) is 0.315. The van der Waals surface area contributed by atoms with E-state index in [1.165, 1.54) is 0 Å². The van der Waals surface area contributed by atoms with Gasteiger partial charge in [0.05, 0.1) is 30.2 Å². The summed E-state index contributed by atoms with van der Waals surface area (Å²) in [6.45, 7) is 0. The minimum atomic E-state index is -2.72. The second-order valence-corrected chi connectivity index (χ2v) is 14.0. The number of amides is 2. The summed E-state index contributed by atoms with van der Waals surface area (Å²) in [5.41, 5.74) is 1.50. The third kappa shape index (κ3) is 5.36. The molecule has 0 radical (unpaired) electrons. The van der Waals surface area contributed by atoms with Crippen LogP contribution in [0.2, 0.25) is 0 Å². The number of hydrogen-bond donors (Lipinski definition) is 2. The van der Waals surface area contributed by atoms with Crippen molar-refractivity contribution >= 4 is 17.5 Å². The van der Waals surface area contributed by atoms with Gasteiger partial charge in [0.2, 0.25) is 11.8 Å². The van der Waals surface area contributed by atoms with E-state index < -0.39 is 23.5 Å². The number of nitrogens with zero attached hydrogens (tertiary/aromatic N) is 5. The van der Waals surface area contributed by atoms with Crippen molar-refractivity contribution < 1.29 is 27.4 Å². The summed E-state index contributed by atoms with van der Waals surface area (Å²) in [5.74, 6) is -2.62. The normalized spacial score (nSPS) is 29.2. The number of carbonyl (C=O) groups excluding carboxylic acids is 2. The zero-order chi connectivity index (χ0) is 30.2. The maximum Gasteiger partial charge on any atom is 0.276 e. The summed E-state index contributed by atoms with van der Waals surface area (Å²) in [7, 11) is 0. The first-order valence-corrected chi connectivity index (χ1v) is 16.0. The van der Waals surface area contributed by atoms with Crippen LogP contribution < -0.4 is 10.6 Å². The summed E-state index contributed by atoms with van der Waals surface area (Å²) in [4.78, 5) is 31.3. The van der Waals surface area contributed by atoms with E-state index in [4.69, 9.17) is 9.61 Å². The van der Waals surface area contributed by atoms with E-state index in [9.17, 15) is 22.8 Å². The average molecular weight is 612 g/mol. The van der Waals surface area contributed by atoms with Crippen molar-refractivity contribution in [3.63, 3.8) is 0 Å². The van der Waals surface area contributed by atoms with Crippen LogP contribution >= 0.6 is 0 Å². The van der Waals surface area contributed by atoms with E-state index in [-0.39, 0.29) is 61.1 Å². The Bertz CT molecular complexity index is 1580. The van der Waals surface area contributed by atoms with E-state index in [2.05, 4.69) is 26.0 Å². The van der Waals surface area contributed by atoms with Crippen molar-refractivity contribution in [2.24, 2.45) is 23.7 Å². The van der Waals surface area contributed by atoms with Gasteiger partial charge in [-0.1, -0.05) is 5.16 Å². The lowest BCUT2D eigenvalue weighted by atomic mass is 9.80. The molecule has 2 bridgehead atoms. The first-order chi connectivity index (χ1) is 21.1. The number of halogens is 3. The highest BCUT2D eigenvalue weighted by atomic mass is 19.3. The van der Waals surface area contributed by atoms with E-state index >= 15 is 0 Å². The number of nitrogens with one attached hydrogen (secondary N) is 2. The summed E-state index contributed by atoms with van der Waals surface area (Å²) in [6.07, 6.45) is 9.22. The molecule has 3 aromatic rings. The van der Waals surface area contributed by atoms with E-state index in [0.717, 1.165) is 31.2 Å². The molecule has 0 aliphatic heterocycles. The van der Waals surface area contributed by atoms with Gasteiger partial charge in [0, 0.05) is 25.2 Å². The van der Waals surface area contributed by atoms with Crippen LogP contribution in [-0.2, 0) is 4.79 Å². The second-order valence-electron chi connectivity index (χ2n) is 14.0. The van der Waals surface area contributed by atoms with Gasteiger partial charge in [-0.2, -0.15) is 5.10 Å². The fraction of sp³-hybridized carbons (Fsp3) is 0.677. The summed E-state index contributed by atoms with van der Waals surface area (Å²) < 4.78 is 49.0. The number of fused-ring (bicyclic) bond motifs is 2. The smallest absolute Gasteiger partial charge is 0.276 e. The van der Waals surface area contributed by atoms with Crippen LogP contribution in [0.25, 0.3) is 5.65 Å². The molecule has 6 saturated carbocycles. The summed E-state index contributed by atoms with van der Waals surface area (Å²) in [6, 6.07) is 1.04. The molecule has 3 atom stereocenters. The molecule has 2 N–H and O–H groups in total. The monoisotopic (exact) mass is 611 g/mol. The molecule has 0 saturated heterocycles. The first kappa shape index (κ1) is 28.0.